The highest BCUT2D eigenvalue weighted by Gasteiger charge is 2.20. The Kier molecular flexibility index (Phi) is 5.38. The Balaban J connectivity index is 1.76. The number of urea groups is 1. The molecule has 20 heavy (non-hydrogen) atoms. The summed E-state index contributed by atoms with van der Waals surface area (Å²) in [5.41, 5.74) is 2.33. The van der Waals surface area contributed by atoms with E-state index in [-0.39, 0.29) is 12.6 Å². The van der Waals surface area contributed by atoms with Gasteiger partial charge in [0.05, 0.1) is 6.61 Å². The van der Waals surface area contributed by atoms with Crippen molar-refractivity contribution in [3.63, 3.8) is 0 Å². The van der Waals surface area contributed by atoms with Gasteiger partial charge in [-0.25, -0.2) is 4.79 Å². The van der Waals surface area contributed by atoms with Crippen molar-refractivity contribution in [2.75, 3.05) is 39.3 Å². The van der Waals surface area contributed by atoms with E-state index in [9.17, 15) is 4.79 Å². The Bertz CT molecular complexity index is 442. The van der Waals surface area contributed by atoms with Crippen LogP contribution in [0.25, 0.3) is 0 Å². The number of rotatable bonds is 4. The summed E-state index contributed by atoms with van der Waals surface area (Å²) in [6, 6.07) is 8.15. The number of hydrogen-bond acceptors (Lipinski definition) is 3. The molecule has 2 N–H and O–H groups in total. The molecule has 0 bridgehead atoms. The van der Waals surface area contributed by atoms with Gasteiger partial charge in [0, 0.05) is 39.3 Å². The fraction of sp³-hybridized carbons (Fsp3) is 0.533. The molecule has 1 aliphatic heterocycles. The Morgan fingerprint density at radius 2 is 2.05 bits per heavy atom. The lowest BCUT2D eigenvalue weighted by atomic mass is 10.1. The lowest BCUT2D eigenvalue weighted by molar-refractivity contribution is 0.122. The molecule has 1 aromatic carbocycles. The lowest BCUT2D eigenvalue weighted by Crippen LogP contribution is -2.52. The quantitative estimate of drug-likeness (QED) is 0.856. The predicted molar refractivity (Wildman–Crippen MR) is 78.5 cm³/mol. The van der Waals surface area contributed by atoms with E-state index in [0.717, 1.165) is 31.7 Å². The zero-order valence-electron chi connectivity index (χ0n) is 12.0. The first-order chi connectivity index (χ1) is 9.69. The third kappa shape index (κ3) is 4.21. The number of carbonyl (C=O) groups excluding carboxylic acids is 1. The largest absolute Gasteiger partial charge is 0.395 e. The van der Waals surface area contributed by atoms with Gasteiger partial charge in [-0.1, -0.05) is 29.8 Å². The second kappa shape index (κ2) is 7.26. The van der Waals surface area contributed by atoms with Gasteiger partial charge in [0.1, 0.15) is 0 Å². The van der Waals surface area contributed by atoms with Crippen LogP contribution >= 0.6 is 0 Å². The summed E-state index contributed by atoms with van der Waals surface area (Å²) < 4.78 is 0. The van der Waals surface area contributed by atoms with E-state index in [4.69, 9.17) is 5.11 Å². The number of hydrogen-bond donors (Lipinski definition) is 2. The first kappa shape index (κ1) is 14.8. The number of β-amino-alcohol motifs (C(OH)–C–C–N with tert-alkyl or cyclic N) is 1. The summed E-state index contributed by atoms with van der Waals surface area (Å²) in [4.78, 5) is 16.1. The van der Waals surface area contributed by atoms with E-state index in [0.29, 0.717) is 13.1 Å². The predicted octanol–water partition coefficient (Wildman–Crippen LogP) is 0.815. The minimum atomic E-state index is -0.00449. The molecule has 0 aromatic heterocycles. The van der Waals surface area contributed by atoms with Crippen LogP contribution in [0.4, 0.5) is 4.79 Å². The molecule has 5 heteroatoms. The Hall–Kier alpha value is -1.59. The highest BCUT2D eigenvalue weighted by molar-refractivity contribution is 5.74. The fourth-order valence-electron chi connectivity index (χ4n) is 2.43. The van der Waals surface area contributed by atoms with Crippen LogP contribution in [-0.4, -0.2) is 60.3 Å². The highest BCUT2D eigenvalue weighted by atomic mass is 16.3. The molecule has 0 radical (unpaired) electrons. The van der Waals surface area contributed by atoms with Crippen molar-refractivity contribution in [3.05, 3.63) is 35.4 Å². The average Bonchev–Trinajstić information content (AvgIpc) is 2.46. The van der Waals surface area contributed by atoms with Gasteiger partial charge in [-0.3, -0.25) is 4.90 Å². The standard InChI is InChI=1S/C15H23N3O2/c1-13-3-2-4-14(11-13)12-16-15(20)18-7-5-17(6-8-18)9-10-19/h2-4,11,19H,5-10,12H2,1H3,(H,16,20). The summed E-state index contributed by atoms with van der Waals surface area (Å²) in [6.45, 7) is 6.59. The minimum Gasteiger partial charge on any atom is -0.395 e. The summed E-state index contributed by atoms with van der Waals surface area (Å²) in [5.74, 6) is 0. The fourth-order valence-corrected chi connectivity index (χ4v) is 2.43. The van der Waals surface area contributed by atoms with Crippen LogP contribution in [0.1, 0.15) is 11.1 Å². The van der Waals surface area contributed by atoms with Gasteiger partial charge in [-0.2, -0.15) is 0 Å². The van der Waals surface area contributed by atoms with E-state index >= 15 is 0 Å². The molecule has 1 saturated heterocycles. The Labute approximate surface area is 120 Å². The van der Waals surface area contributed by atoms with Gasteiger partial charge in [-0.15, -0.1) is 0 Å². The molecular formula is C15H23N3O2. The molecule has 2 amide bonds. The second-order valence-corrected chi connectivity index (χ2v) is 5.20. The van der Waals surface area contributed by atoms with E-state index < -0.39 is 0 Å². The van der Waals surface area contributed by atoms with E-state index in [1.807, 2.05) is 30.0 Å². The third-order valence-electron chi connectivity index (χ3n) is 3.60. The number of aliphatic hydroxyl groups is 1. The highest BCUT2D eigenvalue weighted by Crippen LogP contribution is 2.05. The number of amides is 2. The number of benzene rings is 1. The number of piperazine rings is 1. The number of aliphatic hydroxyl groups excluding tert-OH is 1. The average molecular weight is 277 g/mol. The maximum absolute atomic E-state index is 12.1. The summed E-state index contributed by atoms with van der Waals surface area (Å²) in [7, 11) is 0. The van der Waals surface area contributed by atoms with E-state index in [1.165, 1.54) is 5.56 Å². The molecule has 0 unspecified atom stereocenters. The monoisotopic (exact) mass is 277 g/mol. The maximum atomic E-state index is 12.1. The SMILES string of the molecule is Cc1cccc(CNC(=O)N2CCN(CCO)CC2)c1. The number of nitrogens with one attached hydrogen (secondary N) is 1. The molecule has 0 atom stereocenters. The summed E-state index contributed by atoms with van der Waals surface area (Å²) >= 11 is 0. The summed E-state index contributed by atoms with van der Waals surface area (Å²) in [6.07, 6.45) is 0. The zero-order valence-corrected chi connectivity index (χ0v) is 12.0. The van der Waals surface area contributed by atoms with Crippen LogP contribution in [0, 0.1) is 6.92 Å². The molecule has 1 aromatic rings. The Morgan fingerprint density at radius 3 is 2.70 bits per heavy atom. The van der Waals surface area contributed by atoms with Crippen molar-refractivity contribution < 1.29 is 9.90 Å². The van der Waals surface area contributed by atoms with Gasteiger partial charge >= 0.3 is 6.03 Å². The number of aryl methyl sites for hydroxylation is 1. The van der Waals surface area contributed by atoms with Crippen molar-refractivity contribution in [1.29, 1.82) is 0 Å². The minimum absolute atomic E-state index is 0.00449. The van der Waals surface area contributed by atoms with Gasteiger partial charge < -0.3 is 15.3 Å². The van der Waals surface area contributed by atoms with Gasteiger partial charge in [0.25, 0.3) is 0 Å². The molecule has 0 aliphatic carbocycles. The molecule has 5 nitrogen and oxygen atoms in total. The van der Waals surface area contributed by atoms with Gasteiger partial charge in [0.15, 0.2) is 0 Å². The molecule has 1 fully saturated rings. The van der Waals surface area contributed by atoms with Crippen molar-refractivity contribution >= 4 is 6.03 Å². The maximum Gasteiger partial charge on any atom is 0.317 e. The smallest absolute Gasteiger partial charge is 0.317 e. The van der Waals surface area contributed by atoms with Crippen molar-refractivity contribution in [2.45, 2.75) is 13.5 Å². The Morgan fingerprint density at radius 1 is 1.30 bits per heavy atom. The van der Waals surface area contributed by atoms with Crippen LogP contribution in [0.3, 0.4) is 0 Å². The van der Waals surface area contributed by atoms with E-state index in [1.54, 1.807) is 0 Å². The van der Waals surface area contributed by atoms with Crippen LogP contribution in [0.2, 0.25) is 0 Å². The van der Waals surface area contributed by atoms with Gasteiger partial charge in [-0.05, 0) is 12.5 Å². The zero-order chi connectivity index (χ0) is 14.4. The molecule has 2 rings (SSSR count). The third-order valence-corrected chi connectivity index (χ3v) is 3.60. The van der Waals surface area contributed by atoms with Crippen molar-refractivity contribution in [3.8, 4) is 0 Å². The lowest BCUT2D eigenvalue weighted by Gasteiger charge is -2.34. The normalized spacial score (nSPS) is 16.2. The molecule has 1 heterocycles. The van der Waals surface area contributed by atoms with Crippen molar-refractivity contribution in [2.24, 2.45) is 0 Å². The molecule has 0 spiro atoms. The number of nitrogens with zero attached hydrogens (tertiary/aromatic N) is 2. The van der Waals surface area contributed by atoms with Crippen LogP contribution in [0.5, 0.6) is 0 Å². The van der Waals surface area contributed by atoms with Crippen LogP contribution < -0.4 is 5.32 Å². The first-order valence-corrected chi connectivity index (χ1v) is 7.10. The van der Waals surface area contributed by atoms with Crippen LogP contribution in [-0.2, 0) is 6.54 Å². The molecule has 1 aliphatic rings. The second-order valence-electron chi connectivity index (χ2n) is 5.20. The topological polar surface area (TPSA) is 55.8 Å². The van der Waals surface area contributed by atoms with E-state index in [2.05, 4.69) is 16.3 Å². The molecule has 110 valence electrons. The molecule has 0 saturated carbocycles. The summed E-state index contributed by atoms with van der Waals surface area (Å²) in [5, 5.41) is 11.9. The molecular weight excluding hydrogens is 254 g/mol. The number of carbonyl (C=O) groups is 1. The van der Waals surface area contributed by atoms with Crippen LogP contribution in [0.15, 0.2) is 24.3 Å². The van der Waals surface area contributed by atoms with Gasteiger partial charge in [0.2, 0.25) is 0 Å². The van der Waals surface area contributed by atoms with Crippen molar-refractivity contribution in [1.82, 2.24) is 15.1 Å². The first-order valence-electron chi connectivity index (χ1n) is 7.10.